The number of halogens is 1. The van der Waals surface area contributed by atoms with Crippen LogP contribution in [0.15, 0.2) is 30.3 Å². The van der Waals surface area contributed by atoms with Gasteiger partial charge in [-0.2, -0.15) is 0 Å². The lowest BCUT2D eigenvalue weighted by Gasteiger charge is -2.35. The fraction of sp³-hybridized carbons (Fsp3) is 0.364. The maximum Gasteiger partial charge on any atom is 0.262 e. The average Bonchev–Trinajstić information content (AvgIpc) is 3.05. The second-order valence-corrected chi connectivity index (χ2v) is 8.69. The lowest BCUT2D eigenvalue weighted by atomic mass is 10.0. The van der Waals surface area contributed by atoms with Crippen molar-refractivity contribution in [2.45, 2.75) is 25.4 Å². The number of hydrogen-bond acceptors (Lipinski definition) is 8. The summed E-state index contributed by atoms with van der Waals surface area (Å²) in [5.74, 6) is -1.19. The molecule has 0 aliphatic carbocycles. The summed E-state index contributed by atoms with van der Waals surface area (Å²) in [5, 5.41) is 10.6. The summed E-state index contributed by atoms with van der Waals surface area (Å²) in [6.45, 7) is 3.80. The summed E-state index contributed by atoms with van der Waals surface area (Å²) >= 11 is 5.81. The predicted octanol–water partition coefficient (Wildman–Crippen LogP) is 0.853. The Hall–Kier alpha value is -3.37. The molecule has 5 rings (SSSR count). The number of aromatic nitrogens is 2. The van der Waals surface area contributed by atoms with Crippen LogP contribution in [0.4, 0.5) is 5.82 Å². The van der Waals surface area contributed by atoms with Crippen molar-refractivity contribution in [1.82, 2.24) is 25.3 Å². The Balaban J connectivity index is 1.25. The van der Waals surface area contributed by atoms with Crippen LogP contribution in [0.1, 0.15) is 39.1 Å². The van der Waals surface area contributed by atoms with Crippen LogP contribution >= 0.6 is 11.6 Å². The van der Waals surface area contributed by atoms with Crippen molar-refractivity contribution in [3.8, 4) is 0 Å². The number of piperazine rings is 1. The lowest BCUT2D eigenvalue weighted by Crippen LogP contribution is -2.54. The molecule has 1 N–H and O–H groups in total. The number of amides is 4. The van der Waals surface area contributed by atoms with E-state index in [2.05, 4.69) is 25.3 Å². The number of carbonyl (C=O) groups excluding carboxylic acids is 4. The van der Waals surface area contributed by atoms with Crippen LogP contribution < -0.4 is 10.2 Å². The first-order valence-electron chi connectivity index (χ1n) is 10.7. The number of nitrogens with one attached hydrogen (secondary N) is 1. The molecule has 0 radical (unpaired) electrons. The van der Waals surface area contributed by atoms with Crippen molar-refractivity contribution in [2.75, 3.05) is 31.1 Å². The van der Waals surface area contributed by atoms with Gasteiger partial charge in [-0.25, -0.2) is 0 Å². The van der Waals surface area contributed by atoms with E-state index in [1.165, 1.54) is 0 Å². The fourth-order valence-corrected chi connectivity index (χ4v) is 4.59. The van der Waals surface area contributed by atoms with Crippen molar-refractivity contribution < 1.29 is 19.2 Å². The molecule has 1 aromatic carbocycles. The molecule has 10 nitrogen and oxygen atoms in total. The van der Waals surface area contributed by atoms with E-state index >= 15 is 0 Å². The van der Waals surface area contributed by atoms with Crippen molar-refractivity contribution in [1.29, 1.82) is 0 Å². The van der Waals surface area contributed by atoms with Gasteiger partial charge in [-0.3, -0.25) is 34.3 Å². The van der Waals surface area contributed by atoms with Crippen molar-refractivity contribution >= 4 is 41.0 Å². The van der Waals surface area contributed by atoms with E-state index in [9.17, 15) is 19.2 Å². The Kier molecular flexibility index (Phi) is 5.55. The normalized spacial score (nSPS) is 21.4. The number of anilines is 1. The SMILES string of the molecule is O=C1CCC(N2C(=O)c3ccc(CN4CCN(c5ccc(Cl)nn5)CC4)cc3C2=O)C(=O)N1. The molecule has 2 aromatic rings. The molecule has 4 amide bonds. The van der Waals surface area contributed by atoms with Crippen LogP contribution in [0.2, 0.25) is 5.15 Å². The van der Waals surface area contributed by atoms with Crippen molar-refractivity contribution in [2.24, 2.45) is 0 Å². The monoisotopic (exact) mass is 468 g/mol. The van der Waals surface area contributed by atoms with E-state index in [0.717, 1.165) is 42.5 Å². The molecule has 3 aliphatic rings. The predicted molar refractivity (Wildman–Crippen MR) is 118 cm³/mol. The zero-order chi connectivity index (χ0) is 23.1. The van der Waals surface area contributed by atoms with Gasteiger partial charge in [0.2, 0.25) is 11.8 Å². The number of benzene rings is 1. The number of imide groups is 2. The molecular formula is C22H21ClN6O4. The second-order valence-electron chi connectivity index (χ2n) is 8.30. The third-order valence-electron chi connectivity index (χ3n) is 6.22. The summed E-state index contributed by atoms with van der Waals surface area (Å²) in [6.07, 6.45) is 0.244. The van der Waals surface area contributed by atoms with Gasteiger partial charge < -0.3 is 4.90 Å². The molecule has 1 atom stereocenters. The smallest absolute Gasteiger partial charge is 0.262 e. The van der Waals surface area contributed by atoms with E-state index in [1.54, 1.807) is 18.2 Å². The Bertz CT molecular complexity index is 1150. The molecule has 2 saturated heterocycles. The first-order chi connectivity index (χ1) is 15.9. The highest BCUT2D eigenvalue weighted by molar-refractivity contribution is 6.29. The van der Waals surface area contributed by atoms with E-state index < -0.39 is 29.7 Å². The van der Waals surface area contributed by atoms with Gasteiger partial charge in [0, 0.05) is 39.1 Å². The summed E-state index contributed by atoms with van der Waals surface area (Å²) in [4.78, 5) is 54.9. The third-order valence-corrected chi connectivity index (χ3v) is 6.43. The van der Waals surface area contributed by atoms with E-state index in [0.29, 0.717) is 22.8 Å². The Morgan fingerprint density at radius 2 is 1.70 bits per heavy atom. The van der Waals surface area contributed by atoms with Crippen LogP contribution in [0, 0.1) is 0 Å². The summed E-state index contributed by atoms with van der Waals surface area (Å²) in [5.41, 5.74) is 1.51. The van der Waals surface area contributed by atoms with Crippen LogP contribution in [0.25, 0.3) is 0 Å². The number of rotatable bonds is 4. The first-order valence-corrected chi connectivity index (χ1v) is 11.1. The van der Waals surface area contributed by atoms with Crippen LogP contribution in [0.3, 0.4) is 0 Å². The van der Waals surface area contributed by atoms with Gasteiger partial charge in [0.15, 0.2) is 11.0 Å². The Labute approximate surface area is 194 Å². The molecule has 2 fully saturated rings. The molecule has 11 heteroatoms. The second kappa shape index (κ2) is 8.53. The van der Waals surface area contributed by atoms with Gasteiger partial charge in [-0.1, -0.05) is 17.7 Å². The molecule has 1 unspecified atom stereocenters. The number of hydrogen-bond donors (Lipinski definition) is 1. The molecule has 0 bridgehead atoms. The van der Waals surface area contributed by atoms with Gasteiger partial charge in [0.1, 0.15) is 6.04 Å². The third kappa shape index (κ3) is 4.07. The summed E-state index contributed by atoms with van der Waals surface area (Å²) in [7, 11) is 0. The fourth-order valence-electron chi connectivity index (χ4n) is 4.49. The number of piperidine rings is 1. The highest BCUT2D eigenvalue weighted by Crippen LogP contribution is 2.29. The minimum absolute atomic E-state index is 0.0998. The molecule has 170 valence electrons. The zero-order valence-electron chi connectivity index (χ0n) is 17.7. The molecule has 0 spiro atoms. The lowest BCUT2D eigenvalue weighted by molar-refractivity contribution is -0.136. The maximum absolute atomic E-state index is 13.0. The number of fused-ring (bicyclic) bond motifs is 1. The van der Waals surface area contributed by atoms with Crippen LogP contribution in [0.5, 0.6) is 0 Å². The highest BCUT2D eigenvalue weighted by Gasteiger charge is 2.44. The van der Waals surface area contributed by atoms with Gasteiger partial charge in [-0.15, -0.1) is 10.2 Å². The van der Waals surface area contributed by atoms with Crippen LogP contribution in [-0.2, 0) is 16.1 Å². The van der Waals surface area contributed by atoms with Gasteiger partial charge in [0.25, 0.3) is 11.8 Å². The quantitative estimate of drug-likeness (QED) is 0.657. The molecular weight excluding hydrogens is 448 g/mol. The first kappa shape index (κ1) is 21.5. The number of carbonyl (C=O) groups is 4. The minimum Gasteiger partial charge on any atom is -0.353 e. The molecule has 3 aliphatic heterocycles. The van der Waals surface area contributed by atoms with Crippen LogP contribution in [-0.4, -0.2) is 75.8 Å². The summed E-state index contributed by atoms with van der Waals surface area (Å²) < 4.78 is 0. The number of nitrogens with zero attached hydrogens (tertiary/aromatic N) is 5. The van der Waals surface area contributed by atoms with E-state index in [1.807, 2.05) is 12.1 Å². The molecule has 4 heterocycles. The highest BCUT2D eigenvalue weighted by atomic mass is 35.5. The van der Waals surface area contributed by atoms with Gasteiger partial charge >= 0.3 is 0 Å². The topological polar surface area (TPSA) is 116 Å². The minimum atomic E-state index is -0.956. The maximum atomic E-state index is 13.0. The van der Waals surface area contributed by atoms with Crippen molar-refractivity contribution in [3.05, 3.63) is 52.2 Å². The van der Waals surface area contributed by atoms with E-state index in [4.69, 9.17) is 11.6 Å². The standard InChI is InChI=1S/C22H21ClN6O4/c23-17-4-5-18(26-25-17)28-9-7-27(8-10-28)12-13-1-2-14-15(11-13)22(33)29(21(14)32)16-3-6-19(30)24-20(16)31/h1-2,4-5,11,16H,3,6-10,12H2,(H,24,30,31). The molecule has 0 saturated carbocycles. The van der Waals surface area contributed by atoms with Gasteiger partial charge in [-0.05, 0) is 36.2 Å². The molecule has 33 heavy (non-hydrogen) atoms. The average molecular weight is 469 g/mol. The Morgan fingerprint density at radius 1 is 0.939 bits per heavy atom. The Morgan fingerprint density at radius 3 is 2.39 bits per heavy atom. The zero-order valence-corrected chi connectivity index (χ0v) is 18.4. The van der Waals surface area contributed by atoms with Gasteiger partial charge in [0.05, 0.1) is 11.1 Å². The molecule has 1 aromatic heterocycles. The van der Waals surface area contributed by atoms with E-state index in [-0.39, 0.29) is 12.8 Å². The van der Waals surface area contributed by atoms with Crippen molar-refractivity contribution in [3.63, 3.8) is 0 Å². The summed E-state index contributed by atoms with van der Waals surface area (Å²) in [6, 6.07) is 7.84. The largest absolute Gasteiger partial charge is 0.353 e.